The minimum absolute atomic E-state index is 0.0807. The van der Waals surface area contributed by atoms with E-state index in [9.17, 15) is 5.11 Å². The molecule has 0 radical (unpaired) electrons. The van der Waals surface area contributed by atoms with E-state index in [1.54, 1.807) is 7.11 Å². The number of nitrogens with zero attached hydrogens (tertiary/aromatic N) is 3. The summed E-state index contributed by atoms with van der Waals surface area (Å²) in [6, 6.07) is 15.1. The van der Waals surface area contributed by atoms with Crippen LogP contribution in [0.1, 0.15) is 19.9 Å². The summed E-state index contributed by atoms with van der Waals surface area (Å²) < 4.78 is 6.95. The van der Waals surface area contributed by atoms with Crippen LogP contribution >= 0.6 is 12.2 Å². The maximum atomic E-state index is 10.6. The largest absolute Gasteiger partial charge is 0.497 e. The predicted octanol–water partition coefficient (Wildman–Crippen LogP) is 5.42. The fraction of sp³-hybridized carbons (Fsp3) is 0.211. The monoisotopic (exact) mass is 368 g/mol. The number of aromatic nitrogens is 1. The zero-order chi connectivity index (χ0) is 18.7. The fourth-order valence-corrected chi connectivity index (χ4v) is 2.93. The number of hydrogen-bond acceptors (Lipinski definition) is 4. The third kappa shape index (κ3) is 3.52. The third-order valence-electron chi connectivity index (χ3n) is 3.96. The fourth-order valence-electron chi connectivity index (χ4n) is 2.77. The second kappa shape index (κ2) is 7.53. The summed E-state index contributed by atoms with van der Waals surface area (Å²) in [7, 11) is 1.61. The number of ether oxygens (including phenoxy) is 1. The van der Waals surface area contributed by atoms with Gasteiger partial charge in [-0.1, -0.05) is 18.2 Å². The molecule has 3 rings (SSSR count). The Hall–Kier alpha value is -2.93. The van der Waals surface area contributed by atoms with Crippen LogP contribution in [-0.2, 0) is 0 Å². The molecule has 2 N–H and O–H groups in total. The molecule has 0 aliphatic rings. The smallest absolute Gasteiger partial charge is 0.221 e. The van der Waals surface area contributed by atoms with Gasteiger partial charge in [0.15, 0.2) is 5.69 Å². The van der Waals surface area contributed by atoms with Crippen molar-refractivity contribution in [1.29, 1.82) is 0 Å². The molecule has 0 aliphatic carbocycles. The molecule has 0 unspecified atom stereocenters. The molecule has 2 aromatic carbocycles. The Labute approximate surface area is 157 Å². The van der Waals surface area contributed by atoms with Gasteiger partial charge in [-0.3, -0.25) is 0 Å². The SMILES string of the molecule is COc1ccc(NC(=S)N=Nc2c(O)n(C(C)C)c3ccccc23)cc1. The van der Waals surface area contributed by atoms with Gasteiger partial charge < -0.3 is 19.7 Å². The summed E-state index contributed by atoms with van der Waals surface area (Å²) in [5, 5.41) is 22.8. The number of nitrogens with one attached hydrogen (secondary N) is 1. The number of azo groups is 1. The van der Waals surface area contributed by atoms with Crippen molar-refractivity contribution in [3.8, 4) is 11.6 Å². The zero-order valence-electron chi connectivity index (χ0n) is 14.8. The van der Waals surface area contributed by atoms with Crippen molar-refractivity contribution in [2.24, 2.45) is 10.2 Å². The normalized spacial score (nSPS) is 11.4. The molecule has 0 spiro atoms. The van der Waals surface area contributed by atoms with E-state index in [0.717, 1.165) is 22.3 Å². The highest BCUT2D eigenvalue weighted by Gasteiger charge is 2.18. The maximum Gasteiger partial charge on any atom is 0.221 e. The van der Waals surface area contributed by atoms with Gasteiger partial charge in [-0.25, -0.2) is 0 Å². The van der Waals surface area contributed by atoms with Gasteiger partial charge in [0.25, 0.3) is 0 Å². The Bertz CT molecular complexity index is 962. The molecule has 0 amide bonds. The lowest BCUT2D eigenvalue weighted by Crippen LogP contribution is -2.04. The Morgan fingerprint density at radius 2 is 1.85 bits per heavy atom. The first-order valence-electron chi connectivity index (χ1n) is 8.20. The molecule has 6 nitrogen and oxygen atoms in total. The first-order valence-corrected chi connectivity index (χ1v) is 8.60. The average Bonchev–Trinajstić information content (AvgIpc) is 2.92. The molecule has 0 atom stereocenters. The van der Waals surface area contributed by atoms with Gasteiger partial charge in [0.05, 0.1) is 12.6 Å². The number of thiocarbonyl (C=S) groups is 1. The number of methoxy groups -OCH3 is 1. The van der Waals surface area contributed by atoms with E-state index in [1.807, 2.05) is 66.9 Å². The zero-order valence-corrected chi connectivity index (χ0v) is 15.6. The number of para-hydroxylation sites is 1. The van der Waals surface area contributed by atoms with Gasteiger partial charge in [-0.2, -0.15) is 0 Å². The lowest BCUT2D eigenvalue weighted by atomic mass is 10.2. The number of hydrogen-bond donors (Lipinski definition) is 2. The summed E-state index contributed by atoms with van der Waals surface area (Å²) in [5.74, 6) is 0.840. The number of rotatable bonds is 4. The maximum absolute atomic E-state index is 10.6. The van der Waals surface area contributed by atoms with Crippen molar-refractivity contribution in [2.45, 2.75) is 19.9 Å². The Balaban J connectivity index is 1.85. The van der Waals surface area contributed by atoms with Gasteiger partial charge in [0.2, 0.25) is 11.0 Å². The summed E-state index contributed by atoms with van der Waals surface area (Å²) in [6.07, 6.45) is 0. The molecule has 1 heterocycles. The first-order chi connectivity index (χ1) is 12.5. The van der Waals surface area contributed by atoms with E-state index in [-0.39, 0.29) is 17.0 Å². The van der Waals surface area contributed by atoms with Gasteiger partial charge in [-0.05, 0) is 56.4 Å². The van der Waals surface area contributed by atoms with Crippen LogP contribution in [-0.4, -0.2) is 21.9 Å². The second-order valence-corrected chi connectivity index (χ2v) is 6.40. The Morgan fingerprint density at radius 3 is 2.50 bits per heavy atom. The molecule has 3 aromatic rings. The average molecular weight is 368 g/mol. The van der Waals surface area contributed by atoms with Gasteiger partial charge >= 0.3 is 0 Å². The van der Waals surface area contributed by atoms with Crippen LogP contribution < -0.4 is 10.1 Å². The molecule has 1 aromatic heterocycles. The highest BCUT2D eigenvalue weighted by molar-refractivity contribution is 7.80. The number of fused-ring (bicyclic) bond motifs is 1. The van der Waals surface area contributed by atoms with Crippen molar-refractivity contribution >= 4 is 39.6 Å². The van der Waals surface area contributed by atoms with E-state index in [2.05, 4.69) is 15.5 Å². The molecule has 7 heteroatoms. The lowest BCUT2D eigenvalue weighted by Gasteiger charge is -2.10. The molecular formula is C19H20N4O2S. The molecular weight excluding hydrogens is 348 g/mol. The van der Waals surface area contributed by atoms with E-state index < -0.39 is 0 Å². The predicted molar refractivity (Wildman–Crippen MR) is 108 cm³/mol. The molecule has 0 fully saturated rings. The number of aromatic hydroxyl groups is 1. The summed E-state index contributed by atoms with van der Waals surface area (Å²) in [5.41, 5.74) is 2.10. The van der Waals surface area contributed by atoms with Crippen molar-refractivity contribution < 1.29 is 9.84 Å². The molecule has 26 heavy (non-hydrogen) atoms. The third-order valence-corrected chi connectivity index (χ3v) is 4.14. The molecule has 0 bridgehead atoms. The minimum atomic E-state index is 0.0807. The van der Waals surface area contributed by atoms with Crippen LogP contribution in [0.4, 0.5) is 11.4 Å². The summed E-state index contributed by atoms with van der Waals surface area (Å²) in [4.78, 5) is 0. The molecule has 0 saturated heterocycles. The van der Waals surface area contributed by atoms with E-state index >= 15 is 0 Å². The van der Waals surface area contributed by atoms with Crippen molar-refractivity contribution in [1.82, 2.24) is 4.57 Å². The molecule has 0 aliphatic heterocycles. The lowest BCUT2D eigenvalue weighted by molar-refractivity contribution is 0.407. The molecule has 0 saturated carbocycles. The van der Waals surface area contributed by atoms with Gasteiger partial charge in [-0.15, -0.1) is 10.2 Å². The highest BCUT2D eigenvalue weighted by Crippen LogP contribution is 2.40. The quantitative estimate of drug-likeness (QED) is 0.477. The van der Waals surface area contributed by atoms with Crippen LogP contribution in [0.3, 0.4) is 0 Å². The van der Waals surface area contributed by atoms with Crippen LogP contribution in [0.5, 0.6) is 11.6 Å². The summed E-state index contributed by atoms with van der Waals surface area (Å²) in [6.45, 7) is 4.01. The van der Waals surface area contributed by atoms with E-state index in [4.69, 9.17) is 17.0 Å². The van der Waals surface area contributed by atoms with Crippen molar-refractivity contribution in [3.05, 3.63) is 48.5 Å². The van der Waals surface area contributed by atoms with Crippen LogP contribution in [0.2, 0.25) is 0 Å². The number of anilines is 1. The minimum Gasteiger partial charge on any atom is -0.497 e. The van der Waals surface area contributed by atoms with Crippen LogP contribution in [0.15, 0.2) is 58.8 Å². The van der Waals surface area contributed by atoms with Crippen molar-refractivity contribution in [3.63, 3.8) is 0 Å². The topological polar surface area (TPSA) is 71.1 Å². The van der Waals surface area contributed by atoms with E-state index in [0.29, 0.717) is 5.69 Å². The van der Waals surface area contributed by atoms with Crippen molar-refractivity contribution in [2.75, 3.05) is 12.4 Å². The first kappa shape index (κ1) is 17.9. The van der Waals surface area contributed by atoms with E-state index in [1.165, 1.54) is 0 Å². The second-order valence-electron chi connectivity index (χ2n) is 6.01. The van der Waals surface area contributed by atoms with Gasteiger partial charge in [0, 0.05) is 17.1 Å². The van der Waals surface area contributed by atoms with Crippen LogP contribution in [0.25, 0.3) is 10.9 Å². The molecule has 134 valence electrons. The Kier molecular flexibility index (Phi) is 5.18. The summed E-state index contributed by atoms with van der Waals surface area (Å²) >= 11 is 5.23. The Morgan fingerprint density at radius 1 is 1.15 bits per heavy atom. The standard InChI is InChI=1S/C19H20N4O2S/c1-12(2)23-16-7-5-4-6-15(16)17(18(23)24)21-22-19(26)20-13-8-10-14(25-3)11-9-13/h4-12,24H,1-3H3,(H,20,26). The highest BCUT2D eigenvalue weighted by atomic mass is 32.1. The van der Waals surface area contributed by atoms with Crippen LogP contribution in [0, 0.1) is 0 Å². The number of benzene rings is 2. The van der Waals surface area contributed by atoms with Gasteiger partial charge in [0.1, 0.15) is 5.75 Å².